The van der Waals surface area contributed by atoms with Crippen LogP contribution in [-0.2, 0) is 16.0 Å². The molecule has 5 nitrogen and oxygen atoms in total. The molecule has 0 aliphatic rings. The van der Waals surface area contributed by atoms with E-state index in [2.05, 4.69) is 4.74 Å². The molecule has 0 aliphatic heterocycles. The van der Waals surface area contributed by atoms with Crippen LogP contribution in [0, 0.1) is 5.82 Å². The molecular formula is C16H13FO5. The lowest BCUT2D eigenvalue weighted by Crippen LogP contribution is -2.06. The second kappa shape index (κ2) is 6.71. The third-order valence-electron chi connectivity index (χ3n) is 2.86. The number of carbonyl (C=O) groups excluding carboxylic acids is 2. The molecule has 0 atom stereocenters. The molecule has 1 aromatic heterocycles. The van der Waals surface area contributed by atoms with E-state index in [-0.39, 0.29) is 11.6 Å². The number of ketones is 1. The molecule has 6 heteroatoms. The summed E-state index contributed by atoms with van der Waals surface area (Å²) in [5.41, 5.74) is 0.822. The highest BCUT2D eigenvalue weighted by atomic mass is 19.1. The number of hydrogen-bond donors (Lipinski definition) is 1. The summed E-state index contributed by atoms with van der Waals surface area (Å²) in [5.74, 6) is -2.32. The van der Waals surface area contributed by atoms with E-state index in [1.165, 1.54) is 18.2 Å². The molecule has 0 spiro atoms. The highest BCUT2D eigenvalue weighted by molar-refractivity contribution is 6.06. The molecule has 0 unspecified atom stereocenters. The van der Waals surface area contributed by atoms with Gasteiger partial charge >= 0.3 is 5.97 Å². The minimum atomic E-state index is -1.01. The van der Waals surface area contributed by atoms with Crippen molar-refractivity contribution >= 4 is 11.8 Å². The van der Waals surface area contributed by atoms with Gasteiger partial charge in [0.2, 0.25) is 11.5 Å². The first-order chi connectivity index (χ1) is 10.5. The van der Waals surface area contributed by atoms with Gasteiger partial charge in [-0.05, 0) is 29.8 Å². The van der Waals surface area contributed by atoms with Gasteiger partial charge in [-0.15, -0.1) is 0 Å². The molecule has 0 fully saturated rings. The number of allylic oxidation sites excluding steroid dienone is 1. The highest BCUT2D eigenvalue weighted by Crippen LogP contribution is 2.15. The van der Waals surface area contributed by atoms with Crippen LogP contribution in [0.25, 0.3) is 0 Å². The average molecular weight is 304 g/mol. The molecule has 114 valence electrons. The third-order valence-corrected chi connectivity index (χ3v) is 2.86. The zero-order valence-electron chi connectivity index (χ0n) is 11.7. The Bertz CT molecular complexity index is 712. The fraction of sp³-hybridized carbons (Fsp3) is 0.125. The SMILES string of the molecule is COC(=O)C(O)=CC(=O)c1ccc(Cc2ccc(F)cc2)o1. The Kier molecular flexibility index (Phi) is 4.73. The maximum absolute atomic E-state index is 12.8. The fourth-order valence-electron chi connectivity index (χ4n) is 1.77. The molecule has 1 N–H and O–H groups in total. The Hall–Kier alpha value is -2.89. The quantitative estimate of drug-likeness (QED) is 0.398. The van der Waals surface area contributed by atoms with Gasteiger partial charge in [0, 0.05) is 12.5 Å². The number of furan rings is 1. The predicted molar refractivity (Wildman–Crippen MR) is 75.0 cm³/mol. The fourth-order valence-corrected chi connectivity index (χ4v) is 1.77. The standard InChI is InChI=1S/C16H13FO5/c1-21-16(20)14(19)9-13(18)15-7-6-12(22-15)8-10-2-4-11(17)5-3-10/h2-7,9,19H,8H2,1H3. The maximum atomic E-state index is 12.8. The van der Waals surface area contributed by atoms with Crippen molar-refractivity contribution in [1.29, 1.82) is 0 Å². The lowest BCUT2D eigenvalue weighted by Gasteiger charge is -1.98. The van der Waals surface area contributed by atoms with Crippen molar-refractivity contribution in [2.24, 2.45) is 0 Å². The molecule has 0 saturated heterocycles. The monoisotopic (exact) mass is 304 g/mol. The minimum Gasteiger partial charge on any atom is -0.502 e. The lowest BCUT2D eigenvalue weighted by atomic mass is 10.1. The van der Waals surface area contributed by atoms with Crippen molar-refractivity contribution in [3.8, 4) is 0 Å². The zero-order chi connectivity index (χ0) is 16.1. The number of ether oxygens (including phenoxy) is 1. The van der Waals surface area contributed by atoms with Crippen molar-refractivity contribution in [2.45, 2.75) is 6.42 Å². The lowest BCUT2D eigenvalue weighted by molar-refractivity contribution is -0.139. The highest BCUT2D eigenvalue weighted by Gasteiger charge is 2.14. The van der Waals surface area contributed by atoms with E-state index in [0.29, 0.717) is 12.2 Å². The summed E-state index contributed by atoms with van der Waals surface area (Å²) in [5, 5.41) is 9.31. The topological polar surface area (TPSA) is 76.7 Å². The molecule has 0 bridgehead atoms. The van der Waals surface area contributed by atoms with E-state index in [9.17, 15) is 19.1 Å². The number of aliphatic hydroxyl groups is 1. The summed E-state index contributed by atoms with van der Waals surface area (Å²) < 4.78 is 22.4. The van der Waals surface area contributed by atoms with Crippen LogP contribution >= 0.6 is 0 Å². The number of hydrogen-bond acceptors (Lipinski definition) is 5. The molecule has 0 radical (unpaired) electrons. The Morgan fingerprint density at radius 3 is 2.55 bits per heavy atom. The van der Waals surface area contributed by atoms with E-state index < -0.39 is 17.5 Å². The molecule has 0 aliphatic carbocycles. The van der Waals surface area contributed by atoms with Gasteiger partial charge in [-0.1, -0.05) is 12.1 Å². The van der Waals surface area contributed by atoms with Gasteiger partial charge in [0.25, 0.3) is 0 Å². The average Bonchev–Trinajstić information content (AvgIpc) is 2.97. The molecule has 2 aromatic rings. The summed E-state index contributed by atoms with van der Waals surface area (Å²) >= 11 is 0. The first kappa shape index (κ1) is 15.5. The van der Waals surface area contributed by atoms with Gasteiger partial charge in [-0.2, -0.15) is 0 Å². The summed E-state index contributed by atoms with van der Waals surface area (Å²) in [6.07, 6.45) is 1.12. The maximum Gasteiger partial charge on any atom is 0.373 e. The van der Waals surface area contributed by atoms with Crippen molar-refractivity contribution in [1.82, 2.24) is 0 Å². The van der Waals surface area contributed by atoms with Gasteiger partial charge in [-0.3, -0.25) is 4.79 Å². The molecule has 0 saturated carbocycles. The number of carbonyl (C=O) groups is 2. The smallest absolute Gasteiger partial charge is 0.373 e. The van der Waals surface area contributed by atoms with E-state index in [1.54, 1.807) is 18.2 Å². The number of esters is 1. The van der Waals surface area contributed by atoms with Crippen LogP contribution in [0.5, 0.6) is 0 Å². The van der Waals surface area contributed by atoms with Crippen LogP contribution in [0.1, 0.15) is 21.9 Å². The summed E-state index contributed by atoms with van der Waals surface area (Å²) in [6.45, 7) is 0. The van der Waals surface area contributed by atoms with Gasteiger partial charge in [0.1, 0.15) is 11.6 Å². The van der Waals surface area contributed by atoms with Gasteiger partial charge < -0.3 is 14.3 Å². The number of methoxy groups -OCH3 is 1. The van der Waals surface area contributed by atoms with E-state index >= 15 is 0 Å². The second-order valence-corrected chi connectivity index (χ2v) is 4.45. The molecular weight excluding hydrogens is 291 g/mol. The van der Waals surface area contributed by atoms with Gasteiger partial charge in [-0.25, -0.2) is 9.18 Å². The summed E-state index contributed by atoms with van der Waals surface area (Å²) in [4.78, 5) is 22.8. The number of halogens is 1. The molecule has 1 aromatic carbocycles. The van der Waals surface area contributed by atoms with Crippen LogP contribution in [0.4, 0.5) is 4.39 Å². The largest absolute Gasteiger partial charge is 0.502 e. The number of benzene rings is 1. The normalized spacial score (nSPS) is 11.3. The Morgan fingerprint density at radius 1 is 1.23 bits per heavy atom. The van der Waals surface area contributed by atoms with Gasteiger partial charge in [0.15, 0.2) is 5.76 Å². The molecule has 1 heterocycles. The number of rotatable bonds is 5. The van der Waals surface area contributed by atoms with Crippen molar-refractivity contribution in [3.63, 3.8) is 0 Å². The van der Waals surface area contributed by atoms with Gasteiger partial charge in [0.05, 0.1) is 7.11 Å². The number of aliphatic hydroxyl groups excluding tert-OH is 1. The third kappa shape index (κ3) is 3.82. The van der Waals surface area contributed by atoms with Crippen molar-refractivity contribution < 1.29 is 28.2 Å². The Balaban J connectivity index is 2.09. The van der Waals surface area contributed by atoms with Crippen LogP contribution in [0.2, 0.25) is 0 Å². The van der Waals surface area contributed by atoms with Crippen LogP contribution in [-0.4, -0.2) is 24.0 Å². The van der Waals surface area contributed by atoms with E-state index in [0.717, 1.165) is 18.7 Å². The molecule has 22 heavy (non-hydrogen) atoms. The van der Waals surface area contributed by atoms with Crippen LogP contribution < -0.4 is 0 Å². The molecule has 0 amide bonds. The van der Waals surface area contributed by atoms with E-state index in [1.807, 2.05) is 0 Å². The summed E-state index contributed by atoms with van der Waals surface area (Å²) in [7, 11) is 1.09. The van der Waals surface area contributed by atoms with E-state index in [4.69, 9.17) is 4.42 Å². The Morgan fingerprint density at radius 2 is 1.91 bits per heavy atom. The predicted octanol–water partition coefficient (Wildman–Crippen LogP) is 2.81. The van der Waals surface area contributed by atoms with Crippen molar-refractivity contribution in [3.05, 3.63) is 71.1 Å². The zero-order valence-corrected chi connectivity index (χ0v) is 11.7. The molecule has 2 rings (SSSR count). The van der Waals surface area contributed by atoms with Crippen LogP contribution in [0.3, 0.4) is 0 Å². The first-order valence-corrected chi connectivity index (χ1v) is 6.36. The van der Waals surface area contributed by atoms with Crippen LogP contribution in [0.15, 0.2) is 52.7 Å². The summed E-state index contributed by atoms with van der Waals surface area (Å²) in [6, 6.07) is 8.93. The first-order valence-electron chi connectivity index (χ1n) is 6.36. The Labute approximate surface area is 125 Å². The van der Waals surface area contributed by atoms with Crippen molar-refractivity contribution in [2.75, 3.05) is 7.11 Å². The minimum absolute atomic E-state index is 0.0208. The second-order valence-electron chi connectivity index (χ2n) is 4.45.